The summed E-state index contributed by atoms with van der Waals surface area (Å²) in [5.74, 6) is -0.127. The average molecular weight is 290 g/mol. The van der Waals surface area contributed by atoms with E-state index in [0.717, 1.165) is 19.3 Å². The number of ether oxygens (including phenoxy) is 3. The van der Waals surface area contributed by atoms with Gasteiger partial charge in [-0.05, 0) is 19.3 Å². The maximum atomic E-state index is 11.0. The molecule has 0 aromatic carbocycles. The van der Waals surface area contributed by atoms with E-state index in [1.165, 1.54) is 7.11 Å². The Balaban J connectivity index is 3.02. The molecule has 0 aliphatic heterocycles. The number of unbranched alkanes of at least 4 members (excludes halogenated alkanes) is 2. The number of carbonyl (C=O) groups is 2. The van der Waals surface area contributed by atoms with Gasteiger partial charge in [-0.1, -0.05) is 0 Å². The molecule has 2 N–H and O–H groups in total. The van der Waals surface area contributed by atoms with Gasteiger partial charge in [0.15, 0.2) is 0 Å². The first-order valence-electron chi connectivity index (χ1n) is 6.89. The van der Waals surface area contributed by atoms with Crippen molar-refractivity contribution in [3.8, 4) is 0 Å². The van der Waals surface area contributed by atoms with E-state index in [2.05, 4.69) is 15.4 Å². The van der Waals surface area contributed by atoms with Gasteiger partial charge in [-0.15, -0.1) is 0 Å². The lowest BCUT2D eigenvalue weighted by molar-refractivity contribution is -0.125. The molecule has 0 radical (unpaired) electrons. The summed E-state index contributed by atoms with van der Waals surface area (Å²) in [6.45, 7) is 3.61. The zero-order valence-corrected chi connectivity index (χ0v) is 12.2. The molecule has 7 heteroatoms. The molecule has 0 spiro atoms. The zero-order valence-electron chi connectivity index (χ0n) is 12.2. The standard InChI is InChI=1S/C13H26N2O5/c1-18-11-13(17)15-6-10-20-8-4-2-3-7-19-9-5-14-12-16/h12H,2-11H2,1H3,(H,14,16)(H,15,17). The van der Waals surface area contributed by atoms with Gasteiger partial charge in [0.05, 0.1) is 13.2 Å². The largest absolute Gasteiger partial charge is 0.380 e. The lowest BCUT2D eigenvalue weighted by Crippen LogP contribution is -2.30. The first-order chi connectivity index (χ1) is 9.81. The van der Waals surface area contributed by atoms with E-state index in [9.17, 15) is 9.59 Å². The van der Waals surface area contributed by atoms with Crippen molar-refractivity contribution < 1.29 is 23.8 Å². The van der Waals surface area contributed by atoms with Gasteiger partial charge in [0.1, 0.15) is 6.61 Å². The Hall–Kier alpha value is -1.18. The van der Waals surface area contributed by atoms with Crippen molar-refractivity contribution >= 4 is 12.3 Å². The maximum Gasteiger partial charge on any atom is 0.246 e. The molecule has 0 bridgehead atoms. The van der Waals surface area contributed by atoms with Crippen molar-refractivity contribution in [2.75, 3.05) is 53.2 Å². The van der Waals surface area contributed by atoms with Crippen LogP contribution in [0.1, 0.15) is 19.3 Å². The Morgan fingerprint density at radius 1 is 1.00 bits per heavy atom. The van der Waals surface area contributed by atoms with Gasteiger partial charge >= 0.3 is 0 Å². The van der Waals surface area contributed by atoms with Crippen LogP contribution in [0.25, 0.3) is 0 Å². The number of hydrogen-bond acceptors (Lipinski definition) is 5. The number of hydrogen-bond donors (Lipinski definition) is 2. The predicted octanol–water partition coefficient (Wildman–Crippen LogP) is -0.301. The molecule has 2 amide bonds. The minimum atomic E-state index is -0.127. The van der Waals surface area contributed by atoms with Gasteiger partial charge in [-0.3, -0.25) is 9.59 Å². The third-order valence-corrected chi connectivity index (χ3v) is 2.40. The Labute approximate surface area is 120 Å². The number of amides is 2. The van der Waals surface area contributed by atoms with E-state index in [1.54, 1.807) is 0 Å². The predicted molar refractivity (Wildman–Crippen MR) is 74.4 cm³/mol. The van der Waals surface area contributed by atoms with Gasteiger partial charge in [0, 0.05) is 33.4 Å². The SMILES string of the molecule is COCC(=O)NCCOCCCCCOCCNC=O. The molecule has 118 valence electrons. The number of carbonyl (C=O) groups excluding carboxylic acids is 2. The molecule has 0 aromatic heterocycles. The topological polar surface area (TPSA) is 85.9 Å². The molecule has 0 rings (SSSR count). The van der Waals surface area contributed by atoms with Gasteiger partial charge in [-0.2, -0.15) is 0 Å². The van der Waals surface area contributed by atoms with Gasteiger partial charge < -0.3 is 24.8 Å². The van der Waals surface area contributed by atoms with Crippen LogP contribution in [0, 0.1) is 0 Å². The number of nitrogens with one attached hydrogen (secondary N) is 2. The van der Waals surface area contributed by atoms with Crippen molar-refractivity contribution in [2.45, 2.75) is 19.3 Å². The molecule has 0 aliphatic carbocycles. The molecule has 0 unspecified atom stereocenters. The molecular weight excluding hydrogens is 264 g/mol. The first kappa shape index (κ1) is 18.8. The van der Waals surface area contributed by atoms with Crippen molar-refractivity contribution in [2.24, 2.45) is 0 Å². The van der Waals surface area contributed by atoms with Gasteiger partial charge in [-0.25, -0.2) is 0 Å². The molecular formula is C13H26N2O5. The average Bonchev–Trinajstić information content (AvgIpc) is 2.44. The van der Waals surface area contributed by atoms with Crippen LogP contribution in [0.4, 0.5) is 0 Å². The molecule has 0 saturated heterocycles. The van der Waals surface area contributed by atoms with E-state index >= 15 is 0 Å². The second kappa shape index (κ2) is 15.9. The van der Waals surface area contributed by atoms with Crippen LogP contribution < -0.4 is 10.6 Å². The highest BCUT2D eigenvalue weighted by Crippen LogP contribution is 1.96. The molecule has 0 saturated carbocycles. The molecule has 7 nitrogen and oxygen atoms in total. The third-order valence-electron chi connectivity index (χ3n) is 2.40. The highest BCUT2D eigenvalue weighted by Gasteiger charge is 1.98. The highest BCUT2D eigenvalue weighted by atomic mass is 16.5. The normalized spacial score (nSPS) is 10.2. The summed E-state index contributed by atoms with van der Waals surface area (Å²) in [5.41, 5.74) is 0. The molecule has 0 aliphatic rings. The number of rotatable bonds is 15. The monoisotopic (exact) mass is 290 g/mol. The second-order valence-corrected chi connectivity index (χ2v) is 4.14. The fraction of sp³-hybridized carbons (Fsp3) is 0.846. The van der Waals surface area contributed by atoms with E-state index in [-0.39, 0.29) is 12.5 Å². The smallest absolute Gasteiger partial charge is 0.246 e. The maximum absolute atomic E-state index is 11.0. The fourth-order valence-corrected chi connectivity index (χ4v) is 1.42. The molecule has 0 fully saturated rings. The Bertz CT molecular complexity index is 239. The summed E-state index contributed by atoms with van der Waals surface area (Å²) < 4.78 is 15.4. The van der Waals surface area contributed by atoms with Gasteiger partial charge in [0.2, 0.25) is 12.3 Å². The number of methoxy groups -OCH3 is 1. The Morgan fingerprint density at radius 2 is 1.65 bits per heavy atom. The zero-order chi connectivity index (χ0) is 14.9. The van der Waals surface area contributed by atoms with Crippen molar-refractivity contribution in [3.63, 3.8) is 0 Å². The van der Waals surface area contributed by atoms with Crippen LogP contribution in [0.3, 0.4) is 0 Å². The molecule has 0 aromatic rings. The molecule has 20 heavy (non-hydrogen) atoms. The van der Waals surface area contributed by atoms with Crippen LogP contribution in [0.15, 0.2) is 0 Å². The van der Waals surface area contributed by atoms with Crippen LogP contribution in [-0.2, 0) is 23.8 Å². The Kier molecular flexibility index (Phi) is 14.9. The summed E-state index contributed by atoms with van der Waals surface area (Å²) in [6.07, 6.45) is 3.66. The summed E-state index contributed by atoms with van der Waals surface area (Å²) in [6, 6.07) is 0. The Morgan fingerprint density at radius 3 is 2.25 bits per heavy atom. The summed E-state index contributed by atoms with van der Waals surface area (Å²) in [4.78, 5) is 21.0. The molecule has 0 atom stereocenters. The molecule has 0 heterocycles. The highest BCUT2D eigenvalue weighted by molar-refractivity contribution is 5.77. The van der Waals surface area contributed by atoms with E-state index < -0.39 is 0 Å². The van der Waals surface area contributed by atoms with Crippen LogP contribution in [0.2, 0.25) is 0 Å². The quantitative estimate of drug-likeness (QED) is 0.319. The van der Waals surface area contributed by atoms with E-state index in [4.69, 9.17) is 9.47 Å². The van der Waals surface area contributed by atoms with E-state index in [0.29, 0.717) is 45.9 Å². The van der Waals surface area contributed by atoms with Crippen molar-refractivity contribution in [3.05, 3.63) is 0 Å². The van der Waals surface area contributed by atoms with Crippen LogP contribution in [-0.4, -0.2) is 65.6 Å². The van der Waals surface area contributed by atoms with E-state index in [1.807, 2.05) is 0 Å². The van der Waals surface area contributed by atoms with Crippen molar-refractivity contribution in [1.29, 1.82) is 0 Å². The van der Waals surface area contributed by atoms with Crippen LogP contribution in [0.5, 0.6) is 0 Å². The second-order valence-electron chi connectivity index (χ2n) is 4.14. The lowest BCUT2D eigenvalue weighted by atomic mass is 10.2. The summed E-state index contributed by atoms with van der Waals surface area (Å²) >= 11 is 0. The summed E-state index contributed by atoms with van der Waals surface area (Å²) in [7, 11) is 1.48. The minimum Gasteiger partial charge on any atom is -0.380 e. The third kappa shape index (κ3) is 14.9. The first-order valence-corrected chi connectivity index (χ1v) is 6.89. The fourth-order valence-electron chi connectivity index (χ4n) is 1.42. The lowest BCUT2D eigenvalue weighted by Gasteiger charge is -2.06. The van der Waals surface area contributed by atoms with Crippen molar-refractivity contribution in [1.82, 2.24) is 10.6 Å². The summed E-state index contributed by atoms with van der Waals surface area (Å²) in [5, 5.41) is 5.21. The van der Waals surface area contributed by atoms with Crippen LogP contribution >= 0.6 is 0 Å². The minimum absolute atomic E-state index is 0.0857. The van der Waals surface area contributed by atoms with Gasteiger partial charge in [0.25, 0.3) is 0 Å².